The summed E-state index contributed by atoms with van der Waals surface area (Å²) < 4.78 is 5.48. The summed E-state index contributed by atoms with van der Waals surface area (Å²) in [6, 6.07) is 10.5. The van der Waals surface area contributed by atoms with Crippen LogP contribution in [0.3, 0.4) is 0 Å². The van der Waals surface area contributed by atoms with E-state index in [2.05, 4.69) is 40.6 Å². The summed E-state index contributed by atoms with van der Waals surface area (Å²) in [5, 5.41) is 6.04. The molecule has 1 spiro atoms. The quantitative estimate of drug-likeness (QED) is 0.925. The van der Waals surface area contributed by atoms with Gasteiger partial charge in [0.25, 0.3) is 0 Å². The van der Waals surface area contributed by atoms with Crippen LogP contribution in [0.4, 0.5) is 5.82 Å². The van der Waals surface area contributed by atoms with Crippen LogP contribution in [0.15, 0.2) is 36.5 Å². The molecule has 0 amide bonds. The maximum atomic E-state index is 5.48. The van der Waals surface area contributed by atoms with Gasteiger partial charge in [-0.3, -0.25) is 0 Å². The highest BCUT2D eigenvalue weighted by atomic mass is 16.5. The third kappa shape index (κ3) is 2.06. The Balaban J connectivity index is 1.47. The Kier molecular flexibility index (Phi) is 2.88. The van der Waals surface area contributed by atoms with Gasteiger partial charge in [-0.15, -0.1) is 0 Å². The Bertz CT molecular complexity index is 614. The molecule has 104 valence electrons. The van der Waals surface area contributed by atoms with Gasteiger partial charge in [0.1, 0.15) is 5.82 Å². The average Bonchev–Trinajstić information content (AvgIpc) is 3.17. The van der Waals surface area contributed by atoms with E-state index >= 15 is 0 Å². The predicted octanol–water partition coefficient (Wildman–Crippen LogP) is 3.46. The molecule has 1 N–H and O–H groups in total. The number of hydrogen-bond acceptors (Lipinski definition) is 3. The van der Waals surface area contributed by atoms with Crippen molar-refractivity contribution >= 4 is 16.6 Å². The largest absolute Gasteiger partial charge is 0.381 e. The molecule has 1 atom stereocenters. The molecule has 0 radical (unpaired) electrons. The molecule has 2 aliphatic rings. The van der Waals surface area contributed by atoms with Crippen LogP contribution in [0, 0.1) is 11.3 Å². The van der Waals surface area contributed by atoms with Gasteiger partial charge in [0.2, 0.25) is 0 Å². The minimum absolute atomic E-state index is 0.579. The molecule has 1 aliphatic carbocycles. The third-order valence-corrected chi connectivity index (χ3v) is 5.04. The number of aromatic nitrogens is 1. The molecule has 4 rings (SSSR count). The molecule has 1 saturated carbocycles. The molecule has 2 heterocycles. The molecular formula is C17H20N2O. The molecule has 1 unspecified atom stereocenters. The average molecular weight is 268 g/mol. The molecule has 3 nitrogen and oxygen atoms in total. The molecule has 1 aromatic carbocycles. The Hall–Kier alpha value is -1.61. The number of nitrogens with one attached hydrogen (secondary N) is 1. The topological polar surface area (TPSA) is 34.1 Å². The SMILES string of the molecule is c1ccc2c(NCC3CC34CCOCC4)nccc2c1. The second-order valence-electron chi connectivity index (χ2n) is 6.14. The maximum absolute atomic E-state index is 5.48. The van der Waals surface area contributed by atoms with Crippen LogP contribution < -0.4 is 5.32 Å². The Morgan fingerprint density at radius 2 is 2.05 bits per heavy atom. The fourth-order valence-electron chi connectivity index (χ4n) is 3.59. The van der Waals surface area contributed by atoms with Gasteiger partial charge < -0.3 is 10.1 Å². The molecule has 1 aliphatic heterocycles. The van der Waals surface area contributed by atoms with Crippen molar-refractivity contribution in [1.29, 1.82) is 0 Å². The molecule has 0 bridgehead atoms. The minimum Gasteiger partial charge on any atom is -0.381 e. The van der Waals surface area contributed by atoms with Gasteiger partial charge in [0.15, 0.2) is 0 Å². The van der Waals surface area contributed by atoms with E-state index in [9.17, 15) is 0 Å². The molecular weight excluding hydrogens is 248 g/mol. The van der Waals surface area contributed by atoms with Gasteiger partial charge in [0.05, 0.1) is 0 Å². The van der Waals surface area contributed by atoms with Crippen molar-refractivity contribution in [3.8, 4) is 0 Å². The van der Waals surface area contributed by atoms with Crippen LogP contribution in [-0.2, 0) is 4.74 Å². The summed E-state index contributed by atoms with van der Waals surface area (Å²) in [6.45, 7) is 2.94. The molecule has 1 saturated heterocycles. The zero-order valence-electron chi connectivity index (χ0n) is 11.6. The van der Waals surface area contributed by atoms with E-state index in [1.54, 1.807) is 0 Å². The standard InChI is InChI=1S/C17H20N2O/c1-2-4-15-13(3-1)5-8-18-16(15)19-12-14-11-17(14)6-9-20-10-7-17/h1-5,8,14H,6-7,9-12H2,(H,18,19). The summed E-state index contributed by atoms with van der Waals surface area (Å²) in [4.78, 5) is 4.50. The lowest BCUT2D eigenvalue weighted by Gasteiger charge is -2.23. The van der Waals surface area contributed by atoms with Gasteiger partial charge in [-0.05, 0) is 42.0 Å². The highest BCUT2D eigenvalue weighted by molar-refractivity contribution is 5.91. The lowest BCUT2D eigenvalue weighted by Crippen LogP contribution is -2.21. The Morgan fingerprint density at radius 1 is 1.20 bits per heavy atom. The van der Waals surface area contributed by atoms with Crippen molar-refractivity contribution in [2.45, 2.75) is 19.3 Å². The van der Waals surface area contributed by atoms with Crippen LogP contribution in [0.5, 0.6) is 0 Å². The highest BCUT2D eigenvalue weighted by Gasteiger charge is 2.53. The lowest BCUT2D eigenvalue weighted by atomic mass is 9.94. The van der Waals surface area contributed by atoms with E-state index in [0.29, 0.717) is 5.41 Å². The number of benzene rings is 1. The summed E-state index contributed by atoms with van der Waals surface area (Å²) >= 11 is 0. The van der Waals surface area contributed by atoms with E-state index in [4.69, 9.17) is 4.74 Å². The van der Waals surface area contributed by atoms with E-state index in [-0.39, 0.29) is 0 Å². The molecule has 20 heavy (non-hydrogen) atoms. The van der Waals surface area contributed by atoms with Gasteiger partial charge in [-0.1, -0.05) is 24.3 Å². The zero-order valence-corrected chi connectivity index (χ0v) is 11.6. The molecule has 2 fully saturated rings. The first kappa shape index (κ1) is 12.2. The minimum atomic E-state index is 0.579. The molecule has 1 aromatic heterocycles. The first-order valence-electron chi connectivity index (χ1n) is 7.53. The number of pyridine rings is 1. The summed E-state index contributed by atoms with van der Waals surface area (Å²) in [7, 11) is 0. The second-order valence-corrected chi connectivity index (χ2v) is 6.14. The molecule has 2 aromatic rings. The number of anilines is 1. The van der Waals surface area contributed by atoms with Crippen molar-refractivity contribution in [3.05, 3.63) is 36.5 Å². The highest BCUT2D eigenvalue weighted by Crippen LogP contribution is 2.58. The number of ether oxygens (including phenoxy) is 1. The lowest BCUT2D eigenvalue weighted by molar-refractivity contribution is 0.0527. The Morgan fingerprint density at radius 3 is 2.95 bits per heavy atom. The van der Waals surface area contributed by atoms with Gasteiger partial charge in [0, 0.05) is 31.3 Å². The van der Waals surface area contributed by atoms with Crippen molar-refractivity contribution < 1.29 is 4.74 Å². The monoisotopic (exact) mass is 268 g/mol. The maximum Gasteiger partial charge on any atom is 0.133 e. The normalized spacial score (nSPS) is 23.9. The summed E-state index contributed by atoms with van der Waals surface area (Å²) in [5.41, 5.74) is 0.579. The van der Waals surface area contributed by atoms with Crippen LogP contribution in [0.2, 0.25) is 0 Å². The van der Waals surface area contributed by atoms with Crippen LogP contribution >= 0.6 is 0 Å². The fraction of sp³-hybridized carbons (Fsp3) is 0.471. The van der Waals surface area contributed by atoms with Crippen molar-refractivity contribution in [1.82, 2.24) is 4.98 Å². The zero-order chi connectivity index (χ0) is 13.4. The van der Waals surface area contributed by atoms with E-state index < -0.39 is 0 Å². The van der Waals surface area contributed by atoms with E-state index in [1.165, 1.54) is 30.0 Å². The smallest absolute Gasteiger partial charge is 0.133 e. The number of fused-ring (bicyclic) bond motifs is 1. The van der Waals surface area contributed by atoms with Gasteiger partial charge in [-0.2, -0.15) is 0 Å². The number of rotatable bonds is 3. The van der Waals surface area contributed by atoms with Crippen LogP contribution in [0.1, 0.15) is 19.3 Å². The van der Waals surface area contributed by atoms with Crippen molar-refractivity contribution in [2.75, 3.05) is 25.1 Å². The van der Waals surface area contributed by atoms with Crippen molar-refractivity contribution in [2.24, 2.45) is 11.3 Å². The third-order valence-electron chi connectivity index (χ3n) is 5.04. The summed E-state index contributed by atoms with van der Waals surface area (Å²) in [5.74, 6) is 1.82. The van der Waals surface area contributed by atoms with Crippen LogP contribution in [0.25, 0.3) is 10.8 Å². The first-order valence-corrected chi connectivity index (χ1v) is 7.53. The second kappa shape index (κ2) is 4.74. The number of nitrogens with zero attached hydrogens (tertiary/aromatic N) is 1. The van der Waals surface area contributed by atoms with E-state index in [0.717, 1.165) is 31.5 Å². The molecule has 3 heteroatoms. The predicted molar refractivity (Wildman–Crippen MR) is 80.8 cm³/mol. The van der Waals surface area contributed by atoms with E-state index in [1.807, 2.05) is 6.20 Å². The van der Waals surface area contributed by atoms with Gasteiger partial charge >= 0.3 is 0 Å². The van der Waals surface area contributed by atoms with Crippen molar-refractivity contribution in [3.63, 3.8) is 0 Å². The Labute approximate surface area is 119 Å². The fourth-order valence-corrected chi connectivity index (χ4v) is 3.59. The van der Waals surface area contributed by atoms with Gasteiger partial charge in [-0.25, -0.2) is 4.98 Å². The summed E-state index contributed by atoms with van der Waals surface area (Å²) in [6.07, 6.45) is 5.72. The van der Waals surface area contributed by atoms with Crippen LogP contribution in [-0.4, -0.2) is 24.7 Å². The number of hydrogen-bond donors (Lipinski definition) is 1. The first-order chi connectivity index (χ1) is 9.87.